The van der Waals surface area contributed by atoms with E-state index in [-0.39, 0.29) is 5.82 Å². The molecule has 0 radical (unpaired) electrons. The summed E-state index contributed by atoms with van der Waals surface area (Å²) in [5.74, 6) is -0.163. The fraction of sp³-hybridized carbons (Fsp3) is 0.667. The monoisotopic (exact) mass is 294 g/mol. The highest BCUT2D eigenvalue weighted by Crippen LogP contribution is 2.20. The molecular weight excluding hydrogens is 263 g/mol. The van der Waals surface area contributed by atoms with E-state index in [2.05, 4.69) is 37.9 Å². The molecule has 0 heterocycles. The van der Waals surface area contributed by atoms with Gasteiger partial charge in [0.1, 0.15) is 5.82 Å². The van der Waals surface area contributed by atoms with Gasteiger partial charge in [0.05, 0.1) is 0 Å². The van der Waals surface area contributed by atoms with E-state index in [9.17, 15) is 4.39 Å². The van der Waals surface area contributed by atoms with Crippen molar-refractivity contribution < 1.29 is 4.39 Å². The Balaban J connectivity index is 2.66. The lowest BCUT2D eigenvalue weighted by Gasteiger charge is -2.28. The van der Waals surface area contributed by atoms with Gasteiger partial charge in [0, 0.05) is 18.6 Å². The molecule has 2 atom stereocenters. The Bertz CT molecular complexity index is 373. The Morgan fingerprint density at radius 1 is 1.10 bits per heavy atom. The minimum absolute atomic E-state index is 0.163. The van der Waals surface area contributed by atoms with E-state index >= 15 is 0 Å². The average molecular weight is 294 g/mol. The van der Waals surface area contributed by atoms with Gasteiger partial charge in [0.15, 0.2) is 0 Å². The zero-order valence-electron chi connectivity index (χ0n) is 14.0. The van der Waals surface area contributed by atoms with Crippen LogP contribution in [0.5, 0.6) is 0 Å². The highest BCUT2D eigenvalue weighted by atomic mass is 19.1. The van der Waals surface area contributed by atoms with Crippen molar-refractivity contribution in [2.45, 2.75) is 59.0 Å². The van der Waals surface area contributed by atoms with E-state index in [0.717, 1.165) is 26.1 Å². The topological polar surface area (TPSA) is 15.3 Å². The Hall–Kier alpha value is -0.930. The molecule has 2 unspecified atom stereocenters. The van der Waals surface area contributed by atoms with Crippen molar-refractivity contribution in [1.29, 1.82) is 0 Å². The molecule has 0 spiro atoms. The largest absolute Gasteiger partial charge is 0.306 e. The van der Waals surface area contributed by atoms with E-state index in [1.165, 1.54) is 18.4 Å². The van der Waals surface area contributed by atoms with E-state index in [4.69, 9.17) is 0 Å². The van der Waals surface area contributed by atoms with Crippen LogP contribution in [0.25, 0.3) is 0 Å². The van der Waals surface area contributed by atoms with Crippen molar-refractivity contribution in [2.24, 2.45) is 0 Å². The van der Waals surface area contributed by atoms with Crippen LogP contribution >= 0.6 is 0 Å². The highest BCUT2D eigenvalue weighted by Gasteiger charge is 2.15. The molecule has 0 fully saturated rings. The third kappa shape index (κ3) is 6.58. The smallest absolute Gasteiger partial charge is 0.123 e. The first kappa shape index (κ1) is 18.1. The summed E-state index contributed by atoms with van der Waals surface area (Å²) in [6, 6.07) is 7.68. The molecule has 0 amide bonds. The zero-order valence-corrected chi connectivity index (χ0v) is 14.0. The SMILES string of the molecule is CCCCC(NC(C)CN(CC)CC)c1ccc(F)cc1. The number of hydrogen-bond acceptors (Lipinski definition) is 2. The standard InChI is InChI=1S/C18H31FN2/c1-5-8-9-18(16-10-12-17(19)13-11-16)20-15(4)14-21(6-2)7-3/h10-13,15,18,20H,5-9,14H2,1-4H3. The quantitative estimate of drug-likeness (QED) is 0.689. The summed E-state index contributed by atoms with van der Waals surface area (Å²) in [5, 5.41) is 3.72. The van der Waals surface area contributed by atoms with Gasteiger partial charge < -0.3 is 10.2 Å². The maximum absolute atomic E-state index is 13.1. The first-order valence-electron chi connectivity index (χ1n) is 8.34. The van der Waals surface area contributed by atoms with Crippen LogP contribution in [0.1, 0.15) is 58.6 Å². The van der Waals surface area contributed by atoms with Crippen LogP contribution < -0.4 is 5.32 Å². The number of benzene rings is 1. The molecule has 0 saturated carbocycles. The minimum atomic E-state index is -0.163. The first-order valence-corrected chi connectivity index (χ1v) is 8.34. The van der Waals surface area contributed by atoms with Crippen LogP contribution in [0, 0.1) is 5.82 Å². The average Bonchev–Trinajstić information content (AvgIpc) is 2.50. The minimum Gasteiger partial charge on any atom is -0.306 e. The van der Waals surface area contributed by atoms with E-state index in [1.54, 1.807) is 12.1 Å². The van der Waals surface area contributed by atoms with Crippen molar-refractivity contribution in [3.8, 4) is 0 Å². The Morgan fingerprint density at radius 3 is 2.24 bits per heavy atom. The van der Waals surface area contributed by atoms with Crippen LogP contribution in [-0.4, -0.2) is 30.6 Å². The second kappa shape index (κ2) is 9.91. The number of nitrogens with one attached hydrogen (secondary N) is 1. The predicted molar refractivity (Wildman–Crippen MR) is 89.1 cm³/mol. The molecule has 2 nitrogen and oxygen atoms in total. The van der Waals surface area contributed by atoms with Crippen LogP contribution in [0.2, 0.25) is 0 Å². The number of likely N-dealkylation sites (N-methyl/N-ethyl adjacent to an activating group) is 1. The van der Waals surface area contributed by atoms with Crippen molar-refractivity contribution in [3.63, 3.8) is 0 Å². The number of halogens is 1. The van der Waals surface area contributed by atoms with Gasteiger partial charge in [-0.3, -0.25) is 0 Å². The molecule has 0 aliphatic rings. The van der Waals surface area contributed by atoms with Crippen LogP contribution in [0.4, 0.5) is 4.39 Å². The third-order valence-electron chi connectivity index (χ3n) is 4.03. The fourth-order valence-corrected chi connectivity index (χ4v) is 2.71. The molecule has 1 aromatic carbocycles. The van der Waals surface area contributed by atoms with E-state index < -0.39 is 0 Å². The van der Waals surface area contributed by atoms with Gasteiger partial charge in [-0.15, -0.1) is 0 Å². The summed E-state index contributed by atoms with van der Waals surface area (Å²) in [6.45, 7) is 12.1. The van der Waals surface area contributed by atoms with Crippen molar-refractivity contribution in [1.82, 2.24) is 10.2 Å². The summed E-state index contributed by atoms with van der Waals surface area (Å²) in [5.41, 5.74) is 1.19. The zero-order chi connectivity index (χ0) is 15.7. The number of hydrogen-bond donors (Lipinski definition) is 1. The summed E-state index contributed by atoms with van der Waals surface area (Å²) < 4.78 is 13.1. The number of unbranched alkanes of at least 4 members (excludes halogenated alkanes) is 1. The normalized spacial score (nSPS) is 14.4. The molecule has 120 valence electrons. The molecule has 0 aromatic heterocycles. The molecule has 1 aromatic rings. The van der Waals surface area contributed by atoms with Gasteiger partial charge >= 0.3 is 0 Å². The molecular formula is C18H31FN2. The number of rotatable bonds is 10. The van der Waals surface area contributed by atoms with Crippen LogP contribution in [-0.2, 0) is 0 Å². The lowest BCUT2D eigenvalue weighted by atomic mass is 10.00. The van der Waals surface area contributed by atoms with Gasteiger partial charge in [-0.2, -0.15) is 0 Å². The maximum atomic E-state index is 13.1. The fourth-order valence-electron chi connectivity index (χ4n) is 2.71. The molecule has 3 heteroatoms. The van der Waals surface area contributed by atoms with Gasteiger partial charge in [-0.1, -0.05) is 45.7 Å². The second-order valence-electron chi connectivity index (χ2n) is 5.80. The lowest BCUT2D eigenvalue weighted by Crippen LogP contribution is -2.40. The van der Waals surface area contributed by atoms with Crippen LogP contribution in [0.3, 0.4) is 0 Å². The molecule has 0 bridgehead atoms. The van der Waals surface area contributed by atoms with E-state index in [0.29, 0.717) is 12.1 Å². The first-order chi connectivity index (χ1) is 10.1. The lowest BCUT2D eigenvalue weighted by molar-refractivity contribution is 0.258. The van der Waals surface area contributed by atoms with Gasteiger partial charge in [0.25, 0.3) is 0 Å². The maximum Gasteiger partial charge on any atom is 0.123 e. The van der Waals surface area contributed by atoms with Gasteiger partial charge in [0.2, 0.25) is 0 Å². The Morgan fingerprint density at radius 2 is 1.71 bits per heavy atom. The number of nitrogens with zero attached hydrogens (tertiary/aromatic N) is 1. The predicted octanol–water partition coefficient (Wildman–Crippen LogP) is 4.38. The Kier molecular flexibility index (Phi) is 8.55. The van der Waals surface area contributed by atoms with Crippen LogP contribution in [0.15, 0.2) is 24.3 Å². The van der Waals surface area contributed by atoms with Gasteiger partial charge in [-0.25, -0.2) is 4.39 Å². The molecule has 1 N–H and O–H groups in total. The summed E-state index contributed by atoms with van der Waals surface area (Å²) in [4.78, 5) is 2.43. The van der Waals surface area contributed by atoms with E-state index in [1.807, 2.05) is 12.1 Å². The van der Waals surface area contributed by atoms with Crippen molar-refractivity contribution >= 4 is 0 Å². The van der Waals surface area contributed by atoms with Crippen molar-refractivity contribution in [3.05, 3.63) is 35.6 Å². The summed E-state index contributed by atoms with van der Waals surface area (Å²) in [7, 11) is 0. The highest BCUT2D eigenvalue weighted by molar-refractivity contribution is 5.20. The van der Waals surface area contributed by atoms with Crippen molar-refractivity contribution in [2.75, 3.05) is 19.6 Å². The molecule has 0 aliphatic heterocycles. The molecule has 0 saturated heterocycles. The van der Waals surface area contributed by atoms with Gasteiger partial charge in [-0.05, 0) is 44.1 Å². The summed E-state index contributed by atoms with van der Waals surface area (Å²) in [6.07, 6.45) is 3.47. The molecule has 0 aliphatic carbocycles. The second-order valence-corrected chi connectivity index (χ2v) is 5.80. The molecule has 1 rings (SSSR count). The third-order valence-corrected chi connectivity index (χ3v) is 4.03. The molecule has 21 heavy (non-hydrogen) atoms. The summed E-state index contributed by atoms with van der Waals surface area (Å²) >= 11 is 0. The Labute approximate surface area is 129 Å².